The molecule has 1 aromatic heterocycles. The summed E-state index contributed by atoms with van der Waals surface area (Å²) in [5, 5.41) is 0. The van der Waals surface area contributed by atoms with Gasteiger partial charge in [0.2, 0.25) is 0 Å². The monoisotopic (exact) mass is 230 g/mol. The standard InChI is InChI=1S/C14H14OS/c1-4-11-7-12(9-13(8-11)15-3)14-6-5-10(2)16-14/h4-9H,1H2,2-3H3. The quantitative estimate of drug-likeness (QED) is 0.760. The largest absolute Gasteiger partial charge is 0.497 e. The highest BCUT2D eigenvalue weighted by atomic mass is 32.1. The zero-order valence-corrected chi connectivity index (χ0v) is 10.3. The molecule has 0 saturated carbocycles. The maximum Gasteiger partial charge on any atom is 0.120 e. The highest BCUT2D eigenvalue weighted by molar-refractivity contribution is 7.15. The molecule has 1 nitrogen and oxygen atoms in total. The summed E-state index contributed by atoms with van der Waals surface area (Å²) >= 11 is 1.79. The molecule has 0 unspecified atom stereocenters. The maximum absolute atomic E-state index is 5.28. The second-order valence-corrected chi connectivity index (χ2v) is 4.90. The fraction of sp³-hybridized carbons (Fsp3) is 0.143. The topological polar surface area (TPSA) is 9.23 Å². The first kappa shape index (κ1) is 11.0. The molecule has 2 aromatic rings. The first-order valence-electron chi connectivity index (χ1n) is 5.11. The van der Waals surface area contributed by atoms with E-state index < -0.39 is 0 Å². The first-order chi connectivity index (χ1) is 7.72. The average molecular weight is 230 g/mol. The van der Waals surface area contributed by atoms with Gasteiger partial charge < -0.3 is 4.74 Å². The van der Waals surface area contributed by atoms with Crippen molar-refractivity contribution in [3.8, 4) is 16.2 Å². The molecule has 0 spiro atoms. The van der Waals surface area contributed by atoms with Crippen molar-refractivity contribution >= 4 is 17.4 Å². The van der Waals surface area contributed by atoms with Gasteiger partial charge in [0.05, 0.1) is 7.11 Å². The van der Waals surface area contributed by atoms with Crippen LogP contribution >= 0.6 is 11.3 Å². The lowest BCUT2D eigenvalue weighted by Crippen LogP contribution is -1.85. The van der Waals surface area contributed by atoms with Crippen molar-refractivity contribution in [3.63, 3.8) is 0 Å². The molecule has 0 atom stereocenters. The van der Waals surface area contributed by atoms with E-state index >= 15 is 0 Å². The Balaban J connectivity index is 2.51. The third-order valence-corrected chi connectivity index (χ3v) is 3.47. The van der Waals surface area contributed by atoms with E-state index in [-0.39, 0.29) is 0 Å². The molecule has 0 N–H and O–H groups in total. The molecule has 2 rings (SSSR count). The fourth-order valence-corrected chi connectivity index (χ4v) is 2.44. The SMILES string of the molecule is C=Cc1cc(OC)cc(-c2ccc(C)s2)c1. The van der Waals surface area contributed by atoms with Gasteiger partial charge in [0.25, 0.3) is 0 Å². The minimum absolute atomic E-state index is 0.874. The summed E-state index contributed by atoms with van der Waals surface area (Å²) in [6, 6.07) is 10.4. The summed E-state index contributed by atoms with van der Waals surface area (Å²) in [5.41, 5.74) is 2.27. The smallest absolute Gasteiger partial charge is 0.120 e. The van der Waals surface area contributed by atoms with E-state index in [0.29, 0.717) is 0 Å². The molecular weight excluding hydrogens is 216 g/mol. The Bertz CT molecular complexity index is 511. The molecule has 0 amide bonds. The lowest BCUT2D eigenvalue weighted by Gasteiger charge is -2.05. The Morgan fingerprint density at radius 2 is 2.06 bits per heavy atom. The molecule has 1 heterocycles. The molecule has 0 saturated heterocycles. The van der Waals surface area contributed by atoms with E-state index in [0.717, 1.165) is 11.3 Å². The van der Waals surface area contributed by atoms with Crippen molar-refractivity contribution in [2.45, 2.75) is 6.92 Å². The fourth-order valence-electron chi connectivity index (χ4n) is 1.59. The highest BCUT2D eigenvalue weighted by Gasteiger charge is 2.04. The lowest BCUT2D eigenvalue weighted by atomic mass is 10.1. The van der Waals surface area contributed by atoms with Crippen LogP contribution in [0.3, 0.4) is 0 Å². The molecule has 2 heteroatoms. The summed E-state index contributed by atoms with van der Waals surface area (Å²) in [6.07, 6.45) is 1.84. The number of benzene rings is 1. The summed E-state index contributed by atoms with van der Waals surface area (Å²) in [4.78, 5) is 2.58. The van der Waals surface area contributed by atoms with Gasteiger partial charge >= 0.3 is 0 Å². The van der Waals surface area contributed by atoms with Crippen LogP contribution in [0.4, 0.5) is 0 Å². The van der Waals surface area contributed by atoms with Gasteiger partial charge in [-0.2, -0.15) is 0 Å². The minimum Gasteiger partial charge on any atom is -0.497 e. The summed E-state index contributed by atoms with van der Waals surface area (Å²) in [5.74, 6) is 0.874. The van der Waals surface area contributed by atoms with Gasteiger partial charge in [0.15, 0.2) is 0 Å². The van der Waals surface area contributed by atoms with Gasteiger partial charge in [-0.1, -0.05) is 12.7 Å². The molecular formula is C14H14OS. The third-order valence-electron chi connectivity index (χ3n) is 2.43. The normalized spacial score (nSPS) is 10.1. The molecule has 0 aliphatic carbocycles. The molecule has 0 fully saturated rings. The molecule has 0 radical (unpaired) electrons. The van der Waals surface area contributed by atoms with E-state index in [4.69, 9.17) is 4.74 Å². The Hall–Kier alpha value is -1.54. The van der Waals surface area contributed by atoms with Gasteiger partial charge in [-0.25, -0.2) is 0 Å². The number of methoxy groups -OCH3 is 1. The third kappa shape index (κ3) is 2.17. The highest BCUT2D eigenvalue weighted by Crippen LogP contribution is 2.31. The lowest BCUT2D eigenvalue weighted by molar-refractivity contribution is 0.415. The average Bonchev–Trinajstić information content (AvgIpc) is 2.75. The van der Waals surface area contributed by atoms with E-state index in [1.54, 1.807) is 18.4 Å². The predicted molar refractivity (Wildman–Crippen MR) is 71.1 cm³/mol. The summed E-state index contributed by atoms with van der Waals surface area (Å²) < 4.78 is 5.28. The summed E-state index contributed by atoms with van der Waals surface area (Å²) in [7, 11) is 1.69. The maximum atomic E-state index is 5.28. The number of hydrogen-bond donors (Lipinski definition) is 0. The molecule has 16 heavy (non-hydrogen) atoms. The van der Waals surface area contributed by atoms with Crippen LogP contribution in [0.5, 0.6) is 5.75 Å². The second-order valence-electron chi connectivity index (χ2n) is 3.61. The molecule has 0 aliphatic rings. The van der Waals surface area contributed by atoms with E-state index in [9.17, 15) is 0 Å². The van der Waals surface area contributed by atoms with E-state index in [1.807, 2.05) is 12.1 Å². The number of ether oxygens (including phenoxy) is 1. The zero-order valence-electron chi connectivity index (χ0n) is 9.49. The van der Waals surface area contributed by atoms with Crippen molar-refractivity contribution in [3.05, 3.63) is 47.4 Å². The van der Waals surface area contributed by atoms with Crippen LogP contribution in [0.2, 0.25) is 0 Å². The van der Waals surface area contributed by atoms with Crippen LogP contribution in [0, 0.1) is 6.92 Å². The van der Waals surface area contributed by atoms with Crippen LogP contribution in [0.15, 0.2) is 36.9 Å². The Morgan fingerprint density at radius 3 is 2.62 bits per heavy atom. The first-order valence-corrected chi connectivity index (χ1v) is 5.93. The predicted octanol–water partition coefficient (Wildman–Crippen LogP) is 4.38. The Morgan fingerprint density at radius 1 is 1.25 bits per heavy atom. The number of rotatable bonds is 3. The van der Waals surface area contributed by atoms with E-state index in [1.165, 1.54) is 15.3 Å². The van der Waals surface area contributed by atoms with Crippen molar-refractivity contribution in [2.75, 3.05) is 7.11 Å². The van der Waals surface area contributed by atoms with Crippen molar-refractivity contribution < 1.29 is 4.74 Å². The van der Waals surface area contributed by atoms with Gasteiger partial charge in [-0.05, 0) is 48.4 Å². The number of thiophene rings is 1. The molecule has 0 bridgehead atoms. The second kappa shape index (κ2) is 4.54. The van der Waals surface area contributed by atoms with Gasteiger partial charge in [-0.3, -0.25) is 0 Å². The molecule has 0 aliphatic heterocycles. The minimum atomic E-state index is 0.874. The molecule has 82 valence electrons. The Labute approximate surface area is 100 Å². The Kier molecular flexibility index (Phi) is 3.11. The zero-order chi connectivity index (χ0) is 11.5. The number of hydrogen-bond acceptors (Lipinski definition) is 2. The van der Waals surface area contributed by atoms with Crippen LogP contribution in [-0.2, 0) is 0 Å². The van der Waals surface area contributed by atoms with Crippen molar-refractivity contribution in [2.24, 2.45) is 0 Å². The van der Waals surface area contributed by atoms with Crippen LogP contribution in [0.25, 0.3) is 16.5 Å². The van der Waals surface area contributed by atoms with E-state index in [2.05, 4.69) is 37.8 Å². The molecule has 1 aromatic carbocycles. The number of aryl methyl sites for hydroxylation is 1. The van der Waals surface area contributed by atoms with Crippen LogP contribution < -0.4 is 4.74 Å². The van der Waals surface area contributed by atoms with Crippen molar-refractivity contribution in [1.29, 1.82) is 0 Å². The van der Waals surface area contributed by atoms with Crippen molar-refractivity contribution in [1.82, 2.24) is 0 Å². The van der Waals surface area contributed by atoms with Gasteiger partial charge in [0, 0.05) is 9.75 Å². The van der Waals surface area contributed by atoms with Gasteiger partial charge in [0.1, 0.15) is 5.75 Å². The summed E-state index contributed by atoms with van der Waals surface area (Å²) in [6.45, 7) is 5.91. The van der Waals surface area contributed by atoms with Crippen LogP contribution in [-0.4, -0.2) is 7.11 Å². The van der Waals surface area contributed by atoms with Gasteiger partial charge in [-0.15, -0.1) is 11.3 Å². The van der Waals surface area contributed by atoms with Crippen LogP contribution in [0.1, 0.15) is 10.4 Å².